The molecule has 1 aromatic rings. The fraction of sp³-hybridized carbons (Fsp3) is 0.478. The first-order valence-corrected chi connectivity index (χ1v) is 9.64. The van der Waals surface area contributed by atoms with Gasteiger partial charge >= 0.3 is 0 Å². The van der Waals surface area contributed by atoms with Crippen LogP contribution in [0.25, 0.3) is 0 Å². The molecule has 0 spiro atoms. The topological polar surface area (TPSA) is 50.8 Å². The van der Waals surface area contributed by atoms with Gasteiger partial charge in [0.1, 0.15) is 5.83 Å². The van der Waals surface area contributed by atoms with Crippen molar-refractivity contribution in [1.82, 2.24) is 0 Å². The van der Waals surface area contributed by atoms with E-state index in [2.05, 4.69) is 23.6 Å². The van der Waals surface area contributed by atoms with Crippen molar-refractivity contribution in [1.29, 1.82) is 10.5 Å². The highest BCUT2D eigenvalue weighted by Gasteiger charge is 2.55. The second-order valence-electron chi connectivity index (χ2n) is 8.65. The van der Waals surface area contributed by atoms with Gasteiger partial charge in [0, 0.05) is 30.3 Å². The lowest BCUT2D eigenvalue weighted by molar-refractivity contribution is 0.295. The summed E-state index contributed by atoms with van der Waals surface area (Å²) in [5.74, 6) is -0.00839. The van der Waals surface area contributed by atoms with Crippen LogP contribution in [0.15, 0.2) is 47.9 Å². The van der Waals surface area contributed by atoms with E-state index in [9.17, 15) is 14.9 Å². The van der Waals surface area contributed by atoms with Gasteiger partial charge < -0.3 is 4.90 Å². The summed E-state index contributed by atoms with van der Waals surface area (Å²) in [5.41, 5.74) is 3.18. The third-order valence-electron chi connectivity index (χ3n) is 7.08. The molecule has 0 amide bonds. The van der Waals surface area contributed by atoms with Gasteiger partial charge in [0.2, 0.25) is 0 Å². The zero-order chi connectivity index (χ0) is 19.2. The fourth-order valence-corrected chi connectivity index (χ4v) is 5.24. The highest BCUT2D eigenvalue weighted by molar-refractivity contribution is 5.57. The van der Waals surface area contributed by atoms with Crippen molar-refractivity contribution in [3.05, 3.63) is 53.5 Å². The summed E-state index contributed by atoms with van der Waals surface area (Å²) >= 11 is 0. The molecule has 138 valence electrons. The maximum Gasteiger partial charge on any atom is 0.101 e. The molecule has 0 aromatic heterocycles. The summed E-state index contributed by atoms with van der Waals surface area (Å²) in [6, 6.07) is 12.3. The van der Waals surface area contributed by atoms with Crippen molar-refractivity contribution >= 4 is 5.69 Å². The zero-order valence-corrected chi connectivity index (χ0v) is 15.8. The van der Waals surface area contributed by atoms with Crippen LogP contribution < -0.4 is 4.90 Å². The maximum atomic E-state index is 13.7. The molecule has 4 rings (SSSR count). The summed E-state index contributed by atoms with van der Waals surface area (Å²) in [6.45, 7) is 6.95. The Hall–Kier alpha value is -2.59. The minimum atomic E-state index is -0.153. The van der Waals surface area contributed by atoms with E-state index in [1.807, 2.05) is 25.1 Å². The summed E-state index contributed by atoms with van der Waals surface area (Å²) in [4.78, 5) is 2.19. The van der Waals surface area contributed by atoms with Crippen LogP contribution in [0.2, 0.25) is 0 Å². The molecular formula is C23H24FN3. The molecule has 2 fully saturated rings. The number of hydrogen-bond donors (Lipinski definition) is 0. The lowest BCUT2D eigenvalue weighted by Gasteiger charge is -2.41. The van der Waals surface area contributed by atoms with Crippen LogP contribution in [0.5, 0.6) is 0 Å². The number of allylic oxidation sites excluding steroid dienone is 2. The molecule has 1 aromatic carbocycles. The van der Waals surface area contributed by atoms with Gasteiger partial charge in [-0.2, -0.15) is 10.5 Å². The Bertz CT molecular complexity index is 906. The number of hydrogen-bond acceptors (Lipinski definition) is 3. The highest BCUT2D eigenvalue weighted by Crippen LogP contribution is 2.62. The average molecular weight is 361 g/mol. The van der Waals surface area contributed by atoms with Crippen LogP contribution in [0.3, 0.4) is 0 Å². The van der Waals surface area contributed by atoms with Crippen molar-refractivity contribution < 1.29 is 4.39 Å². The molecule has 0 aliphatic heterocycles. The number of fused-ring (bicyclic) bond motifs is 2. The van der Waals surface area contributed by atoms with Crippen molar-refractivity contribution in [2.75, 3.05) is 11.4 Å². The van der Waals surface area contributed by atoms with Gasteiger partial charge in [0.05, 0.1) is 23.1 Å². The normalized spacial score (nSPS) is 31.2. The van der Waals surface area contributed by atoms with Gasteiger partial charge in [-0.05, 0) is 68.2 Å². The zero-order valence-electron chi connectivity index (χ0n) is 15.8. The standard InChI is InChI=1S/C23H24FN3/c1-16-20(11-21(16)24)17(2)27(19-5-3-4-18(10-19)12-25)15-23-8-6-22(13-23,14-26)7-9-23/h3-5,10,20H,2,6-9,11,13,15H2,1H3. The smallest absolute Gasteiger partial charge is 0.101 e. The third kappa shape index (κ3) is 2.85. The molecule has 27 heavy (non-hydrogen) atoms. The molecule has 2 saturated carbocycles. The van der Waals surface area contributed by atoms with Gasteiger partial charge in [-0.3, -0.25) is 0 Å². The summed E-state index contributed by atoms with van der Waals surface area (Å²) in [5, 5.41) is 18.9. The van der Waals surface area contributed by atoms with E-state index in [4.69, 9.17) is 0 Å². The Morgan fingerprint density at radius 2 is 2.04 bits per heavy atom. The second-order valence-corrected chi connectivity index (χ2v) is 8.65. The van der Waals surface area contributed by atoms with E-state index < -0.39 is 0 Å². The first kappa shape index (κ1) is 17.8. The van der Waals surface area contributed by atoms with Crippen LogP contribution >= 0.6 is 0 Å². The average Bonchev–Trinajstić information content (AvgIpc) is 3.26. The summed E-state index contributed by atoms with van der Waals surface area (Å²) < 4.78 is 13.7. The number of halogens is 1. The van der Waals surface area contributed by atoms with Crippen molar-refractivity contribution in [2.24, 2.45) is 16.7 Å². The number of nitrogens with zero attached hydrogens (tertiary/aromatic N) is 3. The molecule has 0 saturated heterocycles. The monoisotopic (exact) mass is 361 g/mol. The minimum absolute atomic E-state index is 0.0238. The summed E-state index contributed by atoms with van der Waals surface area (Å²) in [7, 11) is 0. The van der Waals surface area contributed by atoms with E-state index in [-0.39, 0.29) is 22.6 Å². The van der Waals surface area contributed by atoms with E-state index in [0.29, 0.717) is 12.0 Å². The molecular weight excluding hydrogens is 337 g/mol. The number of benzene rings is 1. The van der Waals surface area contributed by atoms with Gasteiger partial charge in [-0.15, -0.1) is 0 Å². The second kappa shape index (κ2) is 6.24. The Labute approximate surface area is 160 Å². The molecule has 3 aliphatic carbocycles. The largest absolute Gasteiger partial charge is 0.344 e. The first-order valence-electron chi connectivity index (χ1n) is 9.64. The number of rotatable bonds is 5. The molecule has 4 heteroatoms. The van der Waals surface area contributed by atoms with Crippen molar-refractivity contribution in [3.8, 4) is 12.1 Å². The Morgan fingerprint density at radius 3 is 2.59 bits per heavy atom. The Balaban J connectivity index is 1.66. The maximum absolute atomic E-state index is 13.7. The molecule has 2 bridgehead atoms. The molecule has 3 aliphatic rings. The molecule has 0 N–H and O–H groups in total. The molecule has 1 atom stereocenters. The van der Waals surface area contributed by atoms with Crippen LogP contribution in [-0.4, -0.2) is 6.54 Å². The predicted octanol–water partition coefficient (Wildman–Crippen LogP) is 5.62. The van der Waals surface area contributed by atoms with Gasteiger partial charge in [-0.1, -0.05) is 12.6 Å². The van der Waals surface area contributed by atoms with E-state index in [1.54, 1.807) is 6.07 Å². The molecule has 0 radical (unpaired) electrons. The third-order valence-corrected chi connectivity index (χ3v) is 7.08. The predicted molar refractivity (Wildman–Crippen MR) is 103 cm³/mol. The van der Waals surface area contributed by atoms with Crippen LogP contribution in [0, 0.1) is 39.4 Å². The number of anilines is 1. The number of nitriles is 2. The van der Waals surface area contributed by atoms with E-state index in [0.717, 1.165) is 55.6 Å². The Kier molecular flexibility index (Phi) is 4.11. The fourth-order valence-electron chi connectivity index (χ4n) is 5.24. The minimum Gasteiger partial charge on any atom is -0.344 e. The highest BCUT2D eigenvalue weighted by atomic mass is 19.1. The van der Waals surface area contributed by atoms with Crippen LogP contribution in [0.4, 0.5) is 10.1 Å². The quantitative estimate of drug-likeness (QED) is 0.684. The lowest BCUT2D eigenvalue weighted by Crippen LogP contribution is -2.38. The van der Waals surface area contributed by atoms with Crippen LogP contribution in [-0.2, 0) is 0 Å². The lowest BCUT2D eigenvalue weighted by atomic mass is 9.79. The van der Waals surface area contributed by atoms with Gasteiger partial charge in [0.15, 0.2) is 0 Å². The Morgan fingerprint density at radius 1 is 1.30 bits per heavy atom. The van der Waals surface area contributed by atoms with Crippen molar-refractivity contribution in [3.63, 3.8) is 0 Å². The van der Waals surface area contributed by atoms with Gasteiger partial charge in [0.25, 0.3) is 0 Å². The molecule has 3 nitrogen and oxygen atoms in total. The SMILES string of the molecule is C=C(C1CC(F)=C1C)N(CC12CCC(C#N)(CC1)C2)c1cccc(C#N)c1. The molecule has 1 unspecified atom stereocenters. The molecule has 0 heterocycles. The summed E-state index contributed by atoms with van der Waals surface area (Å²) in [6.07, 6.45) is 5.39. The van der Waals surface area contributed by atoms with E-state index in [1.165, 1.54) is 0 Å². The van der Waals surface area contributed by atoms with Crippen molar-refractivity contribution in [2.45, 2.75) is 45.4 Å². The first-order chi connectivity index (χ1) is 12.9. The van der Waals surface area contributed by atoms with Crippen LogP contribution in [0.1, 0.15) is 51.0 Å². The van der Waals surface area contributed by atoms with E-state index >= 15 is 0 Å². The van der Waals surface area contributed by atoms with Gasteiger partial charge in [-0.25, -0.2) is 4.39 Å².